The highest BCUT2D eigenvalue weighted by Crippen LogP contribution is 2.47. The lowest BCUT2D eigenvalue weighted by atomic mass is 9.83. The molecule has 0 aliphatic carbocycles. The number of benzene rings is 2. The number of pyridine rings is 1. The zero-order valence-electron chi connectivity index (χ0n) is 15.9. The number of nitriles is 1. The van der Waals surface area contributed by atoms with Gasteiger partial charge in [0.2, 0.25) is 11.8 Å². The fourth-order valence-electron chi connectivity index (χ4n) is 3.77. The number of fused-ring (bicyclic) bond motifs is 1. The molecule has 6 nitrogen and oxygen atoms in total. The van der Waals surface area contributed by atoms with Crippen molar-refractivity contribution in [1.29, 1.82) is 5.26 Å². The van der Waals surface area contributed by atoms with Gasteiger partial charge in [-0.05, 0) is 23.8 Å². The summed E-state index contributed by atoms with van der Waals surface area (Å²) in [5.74, 6) is 0.154. The Hall–Kier alpha value is -4.37. The van der Waals surface area contributed by atoms with Crippen molar-refractivity contribution >= 4 is 0 Å². The Labute approximate surface area is 173 Å². The predicted octanol–water partition coefficient (Wildman–Crippen LogP) is 4.15. The van der Waals surface area contributed by atoms with Crippen molar-refractivity contribution in [3.05, 3.63) is 108 Å². The summed E-state index contributed by atoms with van der Waals surface area (Å²) in [6.07, 6.45) is 3.45. The molecule has 5 rings (SSSR count). The number of nitrogens with zero attached hydrogens (tertiary/aromatic N) is 4. The fraction of sp³-hybridized carbons (Fsp3) is 0.0417. The van der Waals surface area contributed by atoms with Crippen LogP contribution in [0.25, 0.3) is 16.9 Å². The van der Waals surface area contributed by atoms with E-state index in [9.17, 15) is 5.26 Å². The molecule has 1 aliphatic rings. The maximum Gasteiger partial charge on any atom is 0.229 e. The van der Waals surface area contributed by atoms with Crippen LogP contribution in [-0.4, -0.2) is 14.8 Å². The molecule has 144 valence electrons. The monoisotopic (exact) mass is 391 g/mol. The van der Waals surface area contributed by atoms with Crippen molar-refractivity contribution in [3.8, 4) is 28.9 Å². The number of para-hydroxylation sites is 1. The van der Waals surface area contributed by atoms with Gasteiger partial charge < -0.3 is 10.5 Å². The fourth-order valence-corrected chi connectivity index (χ4v) is 3.77. The number of hydrogen-bond acceptors (Lipinski definition) is 5. The summed E-state index contributed by atoms with van der Waals surface area (Å²) in [7, 11) is 0. The highest BCUT2D eigenvalue weighted by atomic mass is 16.5. The van der Waals surface area contributed by atoms with Crippen LogP contribution < -0.4 is 10.5 Å². The van der Waals surface area contributed by atoms with E-state index in [-0.39, 0.29) is 5.88 Å². The van der Waals surface area contributed by atoms with Gasteiger partial charge in [-0.3, -0.25) is 4.98 Å². The first kappa shape index (κ1) is 17.7. The van der Waals surface area contributed by atoms with Crippen molar-refractivity contribution in [2.24, 2.45) is 5.73 Å². The average Bonchev–Trinajstić information content (AvgIpc) is 3.19. The average molecular weight is 391 g/mol. The lowest BCUT2D eigenvalue weighted by Crippen LogP contribution is -2.22. The minimum Gasteiger partial charge on any atom is -0.422 e. The first-order valence-corrected chi connectivity index (χ1v) is 9.49. The van der Waals surface area contributed by atoms with Gasteiger partial charge in [0.1, 0.15) is 17.3 Å². The van der Waals surface area contributed by atoms with E-state index in [0.29, 0.717) is 11.5 Å². The summed E-state index contributed by atoms with van der Waals surface area (Å²) < 4.78 is 7.73. The molecule has 1 aliphatic heterocycles. The molecule has 4 aromatic rings. The summed E-state index contributed by atoms with van der Waals surface area (Å²) in [6.45, 7) is 0. The molecule has 0 spiro atoms. The third kappa shape index (κ3) is 2.81. The first-order valence-electron chi connectivity index (χ1n) is 9.49. The number of rotatable bonds is 3. The molecule has 6 heteroatoms. The van der Waals surface area contributed by atoms with Crippen LogP contribution in [0.5, 0.6) is 5.88 Å². The lowest BCUT2D eigenvalue weighted by Gasteiger charge is -2.25. The summed E-state index contributed by atoms with van der Waals surface area (Å²) >= 11 is 0. The number of nitrogens with two attached hydrogens (primary N) is 1. The highest BCUT2D eigenvalue weighted by Gasteiger charge is 2.37. The molecular formula is C24H17N5O. The van der Waals surface area contributed by atoms with E-state index in [1.54, 1.807) is 17.1 Å². The van der Waals surface area contributed by atoms with E-state index in [0.717, 1.165) is 28.1 Å². The van der Waals surface area contributed by atoms with Gasteiger partial charge in [0, 0.05) is 18.0 Å². The van der Waals surface area contributed by atoms with Crippen molar-refractivity contribution in [2.45, 2.75) is 5.92 Å². The second-order valence-corrected chi connectivity index (χ2v) is 6.89. The van der Waals surface area contributed by atoms with Gasteiger partial charge >= 0.3 is 0 Å². The summed E-state index contributed by atoms with van der Waals surface area (Å²) in [6, 6.07) is 25.6. The molecule has 0 radical (unpaired) electrons. The van der Waals surface area contributed by atoms with Crippen LogP contribution in [0.4, 0.5) is 0 Å². The molecule has 3 heterocycles. The van der Waals surface area contributed by atoms with Crippen LogP contribution in [0.1, 0.15) is 17.0 Å². The number of ether oxygens (including phenoxy) is 1. The molecule has 0 saturated carbocycles. The van der Waals surface area contributed by atoms with E-state index in [1.807, 2.05) is 72.8 Å². The molecular weight excluding hydrogens is 374 g/mol. The predicted molar refractivity (Wildman–Crippen MR) is 113 cm³/mol. The Balaban J connectivity index is 1.84. The molecule has 2 N–H and O–H groups in total. The lowest BCUT2D eigenvalue weighted by molar-refractivity contribution is 0.367. The summed E-state index contributed by atoms with van der Waals surface area (Å²) in [5.41, 5.74) is 10.7. The smallest absolute Gasteiger partial charge is 0.229 e. The standard InChI is InChI=1S/C24H17N5O/c25-14-19-20(17-10-7-13-27-15-17)21-22(16-8-3-1-4-9-16)28-29(24(21)30-23(19)26)18-11-5-2-6-12-18/h1-13,15,20H,26H2/t20-/m1/s1. The summed E-state index contributed by atoms with van der Waals surface area (Å²) in [5, 5.41) is 14.8. The van der Waals surface area contributed by atoms with E-state index in [1.165, 1.54) is 0 Å². The molecule has 1 atom stereocenters. The number of hydrogen-bond donors (Lipinski definition) is 1. The van der Waals surface area contributed by atoms with Gasteiger partial charge in [-0.2, -0.15) is 15.0 Å². The van der Waals surface area contributed by atoms with Crippen LogP contribution in [0, 0.1) is 11.3 Å². The van der Waals surface area contributed by atoms with Gasteiger partial charge in [-0.15, -0.1) is 0 Å². The minimum absolute atomic E-state index is 0.0792. The van der Waals surface area contributed by atoms with E-state index in [2.05, 4.69) is 11.1 Å². The SMILES string of the molecule is N#CC1=C(N)Oc2c(c(-c3ccccc3)nn2-c2ccccc2)[C@@H]1c1cccnc1. The van der Waals surface area contributed by atoms with Gasteiger partial charge in [0.15, 0.2) is 0 Å². The number of allylic oxidation sites excluding steroid dienone is 1. The molecule has 0 unspecified atom stereocenters. The van der Waals surface area contributed by atoms with Gasteiger partial charge in [-0.1, -0.05) is 54.6 Å². The molecule has 0 fully saturated rings. The minimum atomic E-state index is -0.430. The number of aromatic nitrogens is 3. The highest BCUT2D eigenvalue weighted by molar-refractivity contribution is 5.72. The normalized spacial score (nSPS) is 15.2. The molecule has 0 saturated heterocycles. The van der Waals surface area contributed by atoms with Crippen molar-refractivity contribution in [2.75, 3.05) is 0 Å². The van der Waals surface area contributed by atoms with Gasteiger partial charge in [0.05, 0.1) is 17.2 Å². The van der Waals surface area contributed by atoms with Crippen LogP contribution in [0.2, 0.25) is 0 Å². The molecule has 0 bridgehead atoms. The molecule has 2 aromatic heterocycles. The van der Waals surface area contributed by atoms with E-state index < -0.39 is 5.92 Å². The third-order valence-electron chi connectivity index (χ3n) is 5.11. The Morgan fingerprint density at radius 1 is 0.967 bits per heavy atom. The second kappa shape index (κ2) is 7.22. The Morgan fingerprint density at radius 2 is 1.70 bits per heavy atom. The van der Waals surface area contributed by atoms with Gasteiger partial charge in [-0.25, -0.2) is 0 Å². The zero-order valence-corrected chi connectivity index (χ0v) is 15.9. The third-order valence-corrected chi connectivity index (χ3v) is 5.11. The van der Waals surface area contributed by atoms with Crippen LogP contribution in [0.15, 0.2) is 96.6 Å². The quantitative estimate of drug-likeness (QED) is 0.567. The maximum absolute atomic E-state index is 9.89. The Kier molecular flexibility index (Phi) is 4.26. The van der Waals surface area contributed by atoms with Gasteiger partial charge in [0.25, 0.3) is 0 Å². The maximum atomic E-state index is 9.89. The first-order chi connectivity index (χ1) is 14.8. The second-order valence-electron chi connectivity index (χ2n) is 6.89. The van der Waals surface area contributed by atoms with Crippen LogP contribution in [-0.2, 0) is 0 Å². The molecule has 2 aromatic carbocycles. The van der Waals surface area contributed by atoms with Crippen molar-refractivity contribution < 1.29 is 4.74 Å². The van der Waals surface area contributed by atoms with E-state index >= 15 is 0 Å². The van der Waals surface area contributed by atoms with Crippen LogP contribution in [0.3, 0.4) is 0 Å². The largest absolute Gasteiger partial charge is 0.422 e. The van der Waals surface area contributed by atoms with E-state index in [4.69, 9.17) is 15.6 Å². The van der Waals surface area contributed by atoms with Crippen LogP contribution >= 0.6 is 0 Å². The Bertz CT molecular complexity index is 1270. The summed E-state index contributed by atoms with van der Waals surface area (Å²) in [4.78, 5) is 4.25. The topological polar surface area (TPSA) is 89.8 Å². The molecule has 0 amide bonds. The van der Waals surface area contributed by atoms with Crippen molar-refractivity contribution in [3.63, 3.8) is 0 Å². The Morgan fingerprint density at radius 3 is 2.37 bits per heavy atom. The zero-order chi connectivity index (χ0) is 20.5. The molecule has 30 heavy (non-hydrogen) atoms. The van der Waals surface area contributed by atoms with Crippen molar-refractivity contribution in [1.82, 2.24) is 14.8 Å².